The molecule has 0 bridgehead atoms. The van der Waals surface area contributed by atoms with E-state index in [1.54, 1.807) is 6.92 Å². The van der Waals surface area contributed by atoms with Crippen LogP contribution in [-0.2, 0) is 0 Å². The zero-order valence-corrected chi connectivity index (χ0v) is 18.4. The van der Waals surface area contributed by atoms with Crippen molar-refractivity contribution in [2.75, 3.05) is 6.54 Å². The van der Waals surface area contributed by atoms with E-state index in [1.807, 2.05) is 6.92 Å². The van der Waals surface area contributed by atoms with Crippen molar-refractivity contribution < 1.29 is 23.2 Å². The molecule has 0 spiro atoms. The summed E-state index contributed by atoms with van der Waals surface area (Å²) in [4.78, 5) is 12.3. The van der Waals surface area contributed by atoms with Crippen molar-refractivity contribution in [1.29, 1.82) is 0 Å². The molecule has 0 aromatic heterocycles. The zero-order chi connectivity index (χ0) is 23.2. The van der Waals surface area contributed by atoms with Crippen LogP contribution in [0.1, 0.15) is 46.8 Å². The lowest BCUT2D eigenvalue weighted by Crippen LogP contribution is -2.25. The van der Waals surface area contributed by atoms with Gasteiger partial charge in [0.2, 0.25) is 0 Å². The number of carbonyl (C=O) groups excluding carboxylic acids is 1. The van der Waals surface area contributed by atoms with Crippen LogP contribution >= 0.6 is 23.2 Å². The van der Waals surface area contributed by atoms with Crippen LogP contribution in [-0.4, -0.2) is 29.5 Å². The second-order valence-corrected chi connectivity index (χ2v) is 7.71. The molecule has 0 unspecified atom stereocenters. The Kier molecular flexibility index (Phi) is 8.53. The Hall–Kier alpha value is -2.51. The summed E-state index contributed by atoms with van der Waals surface area (Å²) in [5, 5.41) is 15.3. The number of unbranched alkanes of at least 4 members (excludes halogenated alkanes) is 1. The molecule has 0 aliphatic carbocycles. The lowest BCUT2D eigenvalue weighted by Gasteiger charge is -2.14. The van der Waals surface area contributed by atoms with Gasteiger partial charge in [0, 0.05) is 27.7 Å². The number of hydrogen-bond acceptors (Lipinski definition) is 3. The first-order valence-electron chi connectivity index (χ1n) is 9.43. The molecule has 9 heteroatoms. The first-order valence-corrected chi connectivity index (χ1v) is 10.2. The zero-order valence-electron chi connectivity index (χ0n) is 16.9. The van der Waals surface area contributed by atoms with E-state index in [2.05, 4.69) is 10.5 Å². The fourth-order valence-electron chi connectivity index (χ4n) is 2.90. The third-order valence-electron chi connectivity index (χ3n) is 4.45. The Morgan fingerprint density at radius 1 is 1.13 bits per heavy atom. The van der Waals surface area contributed by atoms with E-state index in [0.717, 1.165) is 25.0 Å². The summed E-state index contributed by atoms with van der Waals surface area (Å²) in [5.74, 6) is -0.278. The van der Waals surface area contributed by atoms with Crippen LogP contribution in [0, 0.1) is 6.92 Å². The van der Waals surface area contributed by atoms with Crippen LogP contribution in [0.5, 0.6) is 0 Å². The van der Waals surface area contributed by atoms with Gasteiger partial charge < -0.3 is 10.5 Å². The third kappa shape index (κ3) is 6.74. The largest absolute Gasteiger partial charge is 0.417 e. The topological polar surface area (TPSA) is 61.7 Å². The smallest absolute Gasteiger partial charge is 0.410 e. The highest BCUT2D eigenvalue weighted by molar-refractivity contribution is 6.35. The third-order valence-corrected chi connectivity index (χ3v) is 4.89. The van der Waals surface area contributed by atoms with Gasteiger partial charge in [0.25, 0.3) is 5.91 Å². The van der Waals surface area contributed by atoms with Crippen LogP contribution < -0.4 is 5.32 Å². The molecule has 166 valence electrons. The van der Waals surface area contributed by atoms with Gasteiger partial charge in [0.05, 0.1) is 5.57 Å². The van der Waals surface area contributed by atoms with Crippen LogP contribution in [0.4, 0.5) is 13.2 Å². The summed E-state index contributed by atoms with van der Waals surface area (Å²) in [6.07, 6.45) is -2.29. The Morgan fingerprint density at radius 3 is 2.29 bits per heavy atom. The second kappa shape index (κ2) is 10.7. The number of nitrogens with zero attached hydrogens (tertiary/aromatic N) is 1. The highest BCUT2D eigenvalue weighted by Crippen LogP contribution is 2.36. The molecule has 0 aliphatic rings. The van der Waals surface area contributed by atoms with E-state index >= 15 is 0 Å². The number of allylic oxidation sites excluding steroid dienone is 2. The maximum atomic E-state index is 13.7. The monoisotopic (exact) mass is 472 g/mol. The first kappa shape index (κ1) is 24.8. The first-order chi connectivity index (χ1) is 14.6. The molecule has 1 amide bonds. The van der Waals surface area contributed by atoms with Crippen molar-refractivity contribution >= 4 is 40.4 Å². The van der Waals surface area contributed by atoms with Gasteiger partial charge >= 0.3 is 6.18 Å². The standard InChI is InChI=1S/C22H21Cl2F3N2O2/c1-3-4-7-28-21(30)18-6-5-14(8-13(18)2)20(29-31)12-19(22(25,26)27)15-9-16(23)11-17(24)10-15/h5-6,8-12,31H,3-4,7H2,1-2H3,(H,28,30)/b19-12-,29-20-. The summed E-state index contributed by atoms with van der Waals surface area (Å²) in [7, 11) is 0. The highest BCUT2D eigenvalue weighted by Gasteiger charge is 2.35. The number of halogens is 5. The number of nitrogens with one attached hydrogen (secondary N) is 1. The van der Waals surface area contributed by atoms with Gasteiger partial charge in [-0.3, -0.25) is 4.79 Å². The molecule has 0 saturated heterocycles. The average Bonchev–Trinajstić information content (AvgIpc) is 2.67. The molecular weight excluding hydrogens is 452 g/mol. The number of hydrogen-bond donors (Lipinski definition) is 2. The van der Waals surface area contributed by atoms with Gasteiger partial charge in [-0.1, -0.05) is 47.8 Å². The van der Waals surface area contributed by atoms with Crippen molar-refractivity contribution in [2.45, 2.75) is 32.9 Å². The normalized spacial score (nSPS) is 12.7. The predicted molar refractivity (Wildman–Crippen MR) is 117 cm³/mol. The number of oxime groups is 1. The molecule has 0 heterocycles. The minimum absolute atomic E-state index is 0.0365. The van der Waals surface area contributed by atoms with Crippen molar-refractivity contribution in [3.8, 4) is 0 Å². The number of carbonyl (C=O) groups is 1. The van der Waals surface area contributed by atoms with E-state index in [1.165, 1.54) is 24.3 Å². The molecule has 0 fully saturated rings. The molecule has 0 aliphatic heterocycles. The Bertz CT molecular complexity index is 998. The minimum Gasteiger partial charge on any atom is -0.410 e. The van der Waals surface area contributed by atoms with Gasteiger partial charge in [0.15, 0.2) is 0 Å². The van der Waals surface area contributed by atoms with Crippen LogP contribution in [0.15, 0.2) is 47.6 Å². The maximum absolute atomic E-state index is 13.7. The summed E-state index contributed by atoms with van der Waals surface area (Å²) in [5.41, 5.74) is -0.554. The van der Waals surface area contributed by atoms with Crippen LogP contribution in [0.25, 0.3) is 5.57 Å². The van der Waals surface area contributed by atoms with Crippen molar-refractivity contribution in [1.82, 2.24) is 5.32 Å². The Labute approximate surface area is 188 Å². The summed E-state index contributed by atoms with van der Waals surface area (Å²) in [6, 6.07) is 7.95. The SMILES string of the molecule is CCCCNC(=O)c1ccc(C(/C=C(/c2cc(Cl)cc(Cl)c2)C(F)(F)F)=N\O)cc1C. The fourth-order valence-corrected chi connectivity index (χ4v) is 3.42. The molecule has 0 radical (unpaired) electrons. The van der Waals surface area contributed by atoms with Crippen LogP contribution in [0.2, 0.25) is 10.0 Å². The molecule has 2 rings (SSSR count). The molecule has 4 nitrogen and oxygen atoms in total. The summed E-state index contributed by atoms with van der Waals surface area (Å²) in [6.45, 7) is 4.18. The maximum Gasteiger partial charge on any atom is 0.417 e. The van der Waals surface area contributed by atoms with E-state index in [0.29, 0.717) is 23.7 Å². The summed E-state index contributed by atoms with van der Waals surface area (Å²) >= 11 is 11.7. The summed E-state index contributed by atoms with van der Waals surface area (Å²) < 4.78 is 41.2. The quantitative estimate of drug-likeness (QED) is 0.205. The average molecular weight is 473 g/mol. The molecular formula is C22H21Cl2F3N2O2. The number of aryl methyl sites for hydroxylation is 1. The predicted octanol–water partition coefficient (Wildman–Crippen LogP) is 6.66. The fraction of sp³-hybridized carbons (Fsp3) is 0.273. The van der Waals surface area contributed by atoms with E-state index in [4.69, 9.17) is 23.2 Å². The van der Waals surface area contributed by atoms with E-state index in [9.17, 15) is 23.2 Å². The number of benzene rings is 2. The van der Waals surface area contributed by atoms with Gasteiger partial charge in [-0.2, -0.15) is 13.2 Å². The minimum atomic E-state index is -4.77. The van der Waals surface area contributed by atoms with Gasteiger partial charge in [0.1, 0.15) is 5.71 Å². The Balaban J connectivity index is 2.44. The number of rotatable bonds is 7. The van der Waals surface area contributed by atoms with Crippen molar-refractivity contribution in [3.63, 3.8) is 0 Å². The highest BCUT2D eigenvalue weighted by atomic mass is 35.5. The molecule has 0 saturated carbocycles. The molecule has 31 heavy (non-hydrogen) atoms. The van der Waals surface area contributed by atoms with Gasteiger partial charge in [-0.15, -0.1) is 0 Å². The van der Waals surface area contributed by atoms with E-state index in [-0.39, 0.29) is 32.8 Å². The molecule has 2 aromatic carbocycles. The molecule has 2 N–H and O–H groups in total. The van der Waals surface area contributed by atoms with Gasteiger partial charge in [-0.25, -0.2) is 0 Å². The lowest BCUT2D eigenvalue weighted by molar-refractivity contribution is -0.0688. The van der Waals surface area contributed by atoms with Crippen LogP contribution in [0.3, 0.4) is 0 Å². The van der Waals surface area contributed by atoms with Crippen molar-refractivity contribution in [3.05, 3.63) is 74.8 Å². The van der Waals surface area contributed by atoms with E-state index < -0.39 is 11.7 Å². The number of amides is 1. The van der Waals surface area contributed by atoms with Gasteiger partial charge in [-0.05, 0) is 60.9 Å². The second-order valence-electron chi connectivity index (χ2n) is 6.84. The lowest BCUT2D eigenvalue weighted by atomic mass is 9.98. The van der Waals surface area contributed by atoms with Crippen molar-refractivity contribution in [2.24, 2.45) is 5.16 Å². The number of alkyl halides is 3. The molecule has 0 atom stereocenters. The molecule has 2 aromatic rings. The Morgan fingerprint density at radius 2 is 1.77 bits per heavy atom.